The summed E-state index contributed by atoms with van der Waals surface area (Å²) in [7, 11) is -3.97. The third-order valence-electron chi connectivity index (χ3n) is 5.42. The maximum absolute atomic E-state index is 13.7. The van der Waals surface area contributed by atoms with Crippen molar-refractivity contribution < 1.29 is 17.9 Å². The summed E-state index contributed by atoms with van der Waals surface area (Å²) >= 11 is 12.1. The highest BCUT2D eigenvalue weighted by atomic mass is 35.5. The van der Waals surface area contributed by atoms with Crippen molar-refractivity contribution >= 4 is 39.1 Å². The Morgan fingerprint density at radius 1 is 1.12 bits per heavy atom. The van der Waals surface area contributed by atoms with Crippen molar-refractivity contribution in [1.29, 1.82) is 0 Å². The molecule has 0 bridgehead atoms. The molecule has 0 aliphatic carbocycles. The van der Waals surface area contributed by atoms with E-state index in [1.807, 2.05) is 19.1 Å². The van der Waals surface area contributed by atoms with Crippen LogP contribution in [-0.2, 0) is 26.1 Å². The first-order valence-electron chi connectivity index (χ1n) is 10.5. The fraction of sp³-hybridized carbons (Fsp3) is 0.435. The van der Waals surface area contributed by atoms with Crippen LogP contribution in [0.5, 0.6) is 0 Å². The normalized spacial score (nSPS) is 16.5. The standard InChI is InChI=1S/C23H28Cl2N2O4S/c1-15-9-16(2)23(17(3)10-15)32(29,30)27(13-18-6-7-20(24)21(25)11-18)14-22(28)26-12-19-5-4-8-31-19/h6-7,9-11,19H,4-5,8,12-14H2,1-3H3,(H,26,28)/t19-/m0/s1. The molecule has 1 atom stereocenters. The van der Waals surface area contributed by atoms with E-state index in [1.54, 1.807) is 32.0 Å². The van der Waals surface area contributed by atoms with Crippen LogP contribution in [0.2, 0.25) is 10.0 Å². The van der Waals surface area contributed by atoms with Crippen LogP contribution in [0.4, 0.5) is 0 Å². The Hall–Kier alpha value is -1.64. The number of hydrogen-bond donors (Lipinski definition) is 1. The smallest absolute Gasteiger partial charge is 0.244 e. The van der Waals surface area contributed by atoms with E-state index >= 15 is 0 Å². The SMILES string of the molecule is Cc1cc(C)c(S(=O)(=O)N(CC(=O)NC[C@@H]2CCCO2)Cc2ccc(Cl)c(Cl)c2)c(C)c1. The molecule has 6 nitrogen and oxygen atoms in total. The zero-order valence-corrected chi connectivity index (χ0v) is 20.8. The second kappa shape index (κ2) is 10.5. The number of nitrogens with zero attached hydrogens (tertiary/aromatic N) is 1. The van der Waals surface area contributed by atoms with E-state index in [-0.39, 0.29) is 30.0 Å². The second-order valence-corrected chi connectivity index (χ2v) is 10.9. The van der Waals surface area contributed by atoms with Gasteiger partial charge in [0.15, 0.2) is 0 Å². The molecular formula is C23H28Cl2N2O4S. The van der Waals surface area contributed by atoms with Crippen molar-refractivity contribution in [2.75, 3.05) is 19.7 Å². The molecule has 2 aromatic rings. The molecular weight excluding hydrogens is 471 g/mol. The number of aryl methyl sites for hydroxylation is 3. The van der Waals surface area contributed by atoms with E-state index in [9.17, 15) is 13.2 Å². The number of benzene rings is 2. The number of carbonyl (C=O) groups is 1. The number of hydrogen-bond acceptors (Lipinski definition) is 4. The Kier molecular flexibility index (Phi) is 8.22. The summed E-state index contributed by atoms with van der Waals surface area (Å²) in [5.41, 5.74) is 2.89. The van der Waals surface area contributed by atoms with E-state index in [0.29, 0.717) is 39.9 Å². The predicted molar refractivity (Wildman–Crippen MR) is 127 cm³/mol. The van der Waals surface area contributed by atoms with Gasteiger partial charge in [-0.15, -0.1) is 0 Å². The van der Waals surface area contributed by atoms with Gasteiger partial charge in [0.2, 0.25) is 15.9 Å². The van der Waals surface area contributed by atoms with Crippen LogP contribution in [0, 0.1) is 20.8 Å². The van der Waals surface area contributed by atoms with E-state index < -0.39 is 10.0 Å². The third kappa shape index (κ3) is 6.02. The van der Waals surface area contributed by atoms with Gasteiger partial charge in [-0.05, 0) is 62.4 Å². The molecule has 3 rings (SSSR count). The molecule has 1 aliphatic rings. The van der Waals surface area contributed by atoms with E-state index in [4.69, 9.17) is 27.9 Å². The molecule has 9 heteroatoms. The molecule has 1 fully saturated rings. The molecule has 32 heavy (non-hydrogen) atoms. The first-order valence-corrected chi connectivity index (χ1v) is 12.7. The minimum atomic E-state index is -3.97. The summed E-state index contributed by atoms with van der Waals surface area (Å²) in [4.78, 5) is 12.9. The van der Waals surface area contributed by atoms with Gasteiger partial charge in [-0.25, -0.2) is 8.42 Å². The van der Waals surface area contributed by atoms with Gasteiger partial charge in [-0.2, -0.15) is 4.31 Å². The zero-order valence-electron chi connectivity index (χ0n) is 18.5. The maximum Gasteiger partial charge on any atom is 0.244 e. The monoisotopic (exact) mass is 498 g/mol. The van der Waals surface area contributed by atoms with Gasteiger partial charge in [-0.3, -0.25) is 4.79 Å². The Bertz CT molecular complexity index is 1080. The van der Waals surface area contributed by atoms with E-state index in [1.165, 1.54) is 4.31 Å². The van der Waals surface area contributed by atoms with Gasteiger partial charge in [-0.1, -0.05) is 47.0 Å². The molecule has 174 valence electrons. The molecule has 1 amide bonds. The summed E-state index contributed by atoms with van der Waals surface area (Å²) in [6, 6.07) is 8.59. The third-order valence-corrected chi connectivity index (χ3v) is 8.25. The Balaban J connectivity index is 1.89. The lowest BCUT2D eigenvalue weighted by Gasteiger charge is -2.24. The molecule has 2 aromatic carbocycles. The number of halogens is 2. The van der Waals surface area contributed by atoms with Crippen LogP contribution < -0.4 is 5.32 Å². The largest absolute Gasteiger partial charge is 0.376 e. The van der Waals surface area contributed by atoms with E-state index in [0.717, 1.165) is 18.4 Å². The minimum absolute atomic E-state index is 0.0146. The number of amides is 1. The van der Waals surface area contributed by atoms with Crippen molar-refractivity contribution in [3.63, 3.8) is 0 Å². The van der Waals surface area contributed by atoms with Gasteiger partial charge >= 0.3 is 0 Å². The Morgan fingerprint density at radius 2 is 1.81 bits per heavy atom. The van der Waals surface area contributed by atoms with Crippen molar-refractivity contribution in [1.82, 2.24) is 9.62 Å². The highest BCUT2D eigenvalue weighted by Gasteiger charge is 2.30. The maximum atomic E-state index is 13.7. The topological polar surface area (TPSA) is 75.7 Å². The number of nitrogens with one attached hydrogen (secondary N) is 1. The zero-order chi connectivity index (χ0) is 23.5. The first-order chi connectivity index (χ1) is 15.1. The van der Waals surface area contributed by atoms with Gasteiger partial charge < -0.3 is 10.1 Å². The molecule has 0 aromatic heterocycles. The van der Waals surface area contributed by atoms with Crippen molar-refractivity contribution in [2.45, 2.75) is 51.2 Å². The number of ether oxygens (including phenoxy) is 1. The van der Waals surface area contributed by atoms with Gasteiger partial charge in [0.25, 0.3) is 0 Å². The average molecular weight is 499 g/mol. The molecule has 1 N–H and O–H groups in total. The summed E-state index contributed by atoms with van der Waals surface area (Å²) in [6.45, 7) is 6.17. The minimum Gasteiger partial charge on any atom is -0.376 e. The lowest BCUT2D eigenvalue weighted by atomic mass is 10.1. The molecule has 0 spiro atoms. The number of sulfonamides is 1. The lowest BCUT2D eigenvalue weighted by molar-refractivity contribution is -0.121. The summed E-state index contributed by atoms with van der Waals surface area (Å²) < 4.78 is 34.1. The summed E-state index contributed by atoms with van der Waals surface area (Å²) in [6.07, 6.45) is 1.82. The quantitative estimate of drug-likeness (QED) is 0.584. The van der Waals surface area contributed by atoms with Gasteiger partial charge in [0.1, 0.15) is 0 Å². The molecule has 1 heterocycles. The van der Waals surface area contributed by atoms with Gasteiger partial charge in [0, 0.05) is 19.7 Å². The molecule has 0 saturated carbocycles. The molecule has 0 unspecified atom stereocenters. The molecule has 0 radical (unpaired) electrons. The van der Waals surface area contributed by atoms with Crippen molar-refractivity contribution in [3.05, 3.63) is 62.6 Å². The predicted octanol–water partition coefficient (Wildman–Crippen LogP) is 4.40. The van der Waals surface area contributed by atoms with Gasteiger partial charge in [0.05, 0.1) is 27.6 Å². The highest BCUT2D eigenvalue weighted by Crippen LogP contribution is 2.28. The molecule has 1 aliphatic heterocycles. The van der Waals surface area contributed by atoms with Crippen LogP contribution in [0.25, 0.3) is 0 Å². The second-order valence-electron chi connectivity index (χ2n) is 8.19. The highest BCUT2D eigenvalue weighted by molar-refractivity contribution is 7.89. The van der Waals surface area contributed by atoms with Crippen LogP contribution in [-0.4, -0.2) is 44.4 Å². The van der Waals surface area contributed by atoms with E-state index in [2.05, 4.69) is 5.32 Å². The fourth-order valence-corrected chi connectivity index (χ4v) is 6.14. The van der Waals surface area contributed by atoms with Crippen LogP contribution in [0.1, 0.15) is 35.1 Å². The lowest BCUT2D eigenvalue weighted by Crippen LogP contribution is -2.42. The Morgan fingerprint density at radius 3 is 2.41 bits per heavy atom. The van der Waals surface area contributed by atoms with Crippen molar-refractivity contribution in [2.24, 2.45) is 0 Å². The summed E-state index contributed by atoms with van der Waals surface area (Å²) in [5, 5.41) is 3.51. The average Bonchev–Trinajstić information content (AvgIpc) is 3.21. The van der Waals surface area contributed by atoms with Crippen LogP contribution in [0.15, 0.2) is 35.2 Å². The van der Waals surface area contributed by atoms with Crippen LogP contribution >= 0.6 is 23.2 Å². The Labute approximate surface area is 199 Å². The van der Waals surface area contributed by atoms with Crippen LogP contribution in [0.3, 0.4) is 0 Å². The number of carbonyl (C=O) groups excluding carboxylic acids is 1. The van der Waals surface area contributed by atoms with Crippen molar-refractivity contribution in [3.8, 4) is 0 Å². The molecule has 1 saturated heterocycles. The first kappa shape index (κ1) is 25.0. The summed E-state index contributed by atoms with van der Waals surface area (Å²) in [5.74, 6) is -0.383. The number of rotatable bonds is 8. The fourth-order valence-electron chi connectivity index (χ4n) is 4.02.